The van der Waals surface area contributed by atoms with Gasteiger partial charge in [0.1, 0.15) is 5.75 Å². The number of carbonyl (C=O) groups is 1. The van der Waals surface area contributed by atoms with Crippen LogP contribution in [0.1, 0.15) is 24.4 Å². The van der Waals surface area contributed by atoms with Crippen molar-refractivity contribution in [2.75, 3.05) is 7.11 Å². The summed E-state index contributed by atoms with van der Waals surface area (Å²) in [4.78, 5) is 12.2. The minimum atomic E-state index is -0.256. The molecule has 0 fully saturated rings. The average Bonchev–Trinajstić information content (AvgIpc) is 2.89. The second-order valence-corrected chi connectivity index (χ2v) is 5.49. The molecule has 1 amide bonds. The summed E-state index contributed by atoms with van der Waals surface area (Å²) in [6.45, 7) is 6.12. The first kappa shape index (κ1) is 17.0. The maximum Gasteiger partial charge on any atom is 0.224 e. The third-order valence-corrected chi connectivity index (χ3v) is 3.70. The number of hydrogen-bond acceptors (Lipinski definition) is 4. The van der Waals surface area contributed by atoms with Crippen molar-refractivity contribution in [1.29, 1.82) is 0 Å². The topological polar surface area (TPSA) is 71.9 Å². The van der Waals surface area contributed by atoms with Crippen LogP contribution in [0.4, 0.5) is 0 Å². The monoisotopic (exact) mass is 332 g/mol. The van der Waals surface area contributed by atoms with Gasteiger partial charge >= 0.3 is 0 Å². The van der Waals surface area contributed by atoms with Gasteiger partial charge in [0, 0.05) is 6.54 Å². The van der Waals surface area contributed by atoms with E-state index in [1.165, 1.54) is 0 Å². The molecule has 1 atom stereocenters. The van der Waals surface area contributed by atoms with Crippen molar-refractivity contribution < 1.29 is 9.53 Å². The van der Waals surface area contributed by atoms with Crippen molar-refractivity contribution in [2.24, 2.45) is 0 Å². The number of nitrogens with one attached hydrogen (secondary N) is 2. The van der Waals surface area contributed by atoms with Gasteiger partial charge in [-0.3, -0.25) is 14.5 Å². The lowest BCUT2D eigenvalue weighted by molar-refractivity contribution is -0.121. The van der Waals surface area contributed by atoms with Gasteiger partial charge in [-0.05, 0) is 36.8 Å². The minimum absolute atomic E-state index is 0.0817. The van der Waals surface area contributed by atoms with Gasteiger partial charge in [-0.2, -0.15) is 5.10 Å². The van der Waals surface area contributed by atoms with E-state index in [0.29, 0.717) is 23.6 Å². The molecule has 0 unspecified atom stereocenters. The van der Waals surface area contributed by atoms with E-state index in [9.17, 15) is 4.79 Å². The first-order chi connectivity index (χ1) is 11.0. The summed E-state index contributed by atoms with van der Waals surface area (Å²) in [5.41, 5.74) is 0.917. The van der Waals surface area contributed by atoms with Crippen molar-refractivity contribution >= 4 is 18.1 Å². The molecule has 0 saturated heterocycles. The Balaban J connectivity index is 2.01. The Morgan fingerprint density at radius 1 is 1.52 bits per heavy atom. The number of allylic oxidation sites excluding steroid dienone is 1. The first-order valence-corrected chi connectivity index (χ1v) is 7.64. The van der Waals surface area contributed by atoms with E-state index in [1.807, 2.05) is 31.2 Å². The van der Waals surface area contributed by atoms with Gasteiger partial charge in [0.2, 0.25) is 5.91 Å². The molecule has 2 N–H and O–H groups in total. The molecule has 6 nitrogen and oxygen atoms in total. The van der Waals surface area contributed by atoms with E-state index < -0.39 is 0 Å². The molecular weight excluding hydrogens is 312 g/mol. The predicted molar refractivity (Wildman–Crippen MR) is 90.9 cm³/mol. The molecule has 2 aromatic rings. The maximum atomic E-state index is 12.2. The van der Waals surface area contributed by atoms with Crippen molar-refractivity contribution in [1.82, 2.24) is 20.1 Å². The zero-order chi connectivity index (χ0) is 16.8. The fourth-order valence-electron chi connectivity index (χ4n) is 2.25. The number of benzene rings is 1. The molecular formula is C16H20N4O2S. The number of rotatable bonds is 7. The summed E-state index contributed by atoms with van der Waals surface area (Å²) in [6, 6.07) is 7.16. The summed E-state index contributed by atoms with van der Waals surface area (Å²) in [5, 5.41) is 9.86. The molecule has 0 spiro atoms. The zero-order valence-corrected chi connectivity index (χ0v) is 14.0. The summed E-state index contributed by atoms with van der Waals surface area (Å²) in [5.74, 6) is 1.36. The zero-order valence-electron chi connectivity index (χ0n) is 13.2. The van der Waals surface area contributed by atoms with Crippen LogP contribution in [0.25, 0.3) is 0 Å². The Morgan fingerprint density at radius 3 is 2.83 bits per heavy atom. The number of aromatic nitrogens is 3. The number of ether oxygens (including phenoxy) is 1. The Hall–Kier alpha value is -2.41. The largest absolute Gasteiger partial charge is 0.497 e. The number of carbonyl (C=O) groups excluding carboxylic acids is 1. The van der Waals surface area contributed by atoms with E-state index in [-0.39, 0.29) is 11.9 Å². The van der Waals surface area contributed by atoms with Crippen LogP contribution in [-0.2, 0) is 17.8 Å². The SMILES string of the molecule is C=CCn1c([C@@H](C)NC(=O)Cc2ccc(OC)cc2)n[nH]c1=S. The summed E-state index contributed by atoms with van der Waals surface area (Å²) in [7, 11) is 1.61. The van der Waals surface area contributed by atoms with Gasteiger partial charge in [0.15, 0.2) is 10.6 Å². The van der Waals surface area contributed by atoms with Crippen LogP contribution in [0.5, 0.6) is 5.75 Å². The highest BCUT2D eigenvalue weighted by Gasteiger charge is 2.16. The lowest BCUT2D eigenvalue weighted by Crippen LogP contribution is -2.30. The number of methoxy groups -OCH3 is 1. The van der Waals surface area contributed by atoms with E-state index in [4.69, 9.17) is 17.0 Å². The number of nitrogens with zero attached hydrogens (tertiary/aromatic N) is 2. The third-order valence-electron chi connectivity index (χ3n) is 3.39. The second kappa shape index (κ2) is 7.73. The van der Waals surface area contributed by atoms with Crippen LogP contribution in [0.15, 0.2) is 36.9 Å². The van der Waals surface area contributed by atoms with Crippen LogP contribution in [0.2, 0.25) is 0 Å². The fourth-order valence-corrected chi connectivity index (χ4v) is 2.47. The lowest BCUT2D eigenvalue weighted by atomic mass is 10.1. The molecule has 0 radical (unpaired) electrons. The highest BCUT2D eigenvalue weighted by Crippen LogP contribution is 2.13. The third kappa shape index (κ3) is 4.29. The minimum Gasteiger partial charge on any atom is -0.497 e. The molecule has 7 heteroatoms. The molecule has 0 aliphatic rings. The summed E-state index contributed by atoms with van der Waals surface area (Å²) >= 11 is 5.17. The number of hydrogen-bond donors (Lipinski definition) is 2. The van der Waals surface area contributed by atoms with Crippen molar-refractivity contribution in [3.8, 4) is 5.75 Å². The van der Waals surface area contributed by atoms with Gasteiger partial charge in [0.05, 0.1) is 19.6 Å². The number of H-pyrrole nitrogens is 1. The number of aromatic amines is 1. The highest BCUT2D eigenvalue weighted by atomic mass is 32.1. The predicted octanol–water partition coefficient (Wildman–Crippen LogP) is 2.56. The molecule has 0 saturated carbocycles. The lowest BCUT2D eigenvalue weighted by Gasteiger charge is -2.14. The van der Waals surface area contributed by atoms with Crippen LogP contribution >= 0.6 is 12.2 Å². The average molecular weight is 332 g/mol. The first-order valence-electron chi connectivity index (χ1n) is 7.23. The molecule has 0 aliphatic carbocycles. The Bertz CT molecular complexity index is 733. The quantitative estimate of drug-likeness (QED) is 0.604. The van der Waals surface area contributed by atoms with E-state index in [2.05, 4.69) is 22.1 Å². The van der Waals surface area contributed by atoms with Gasteiger partial charge in [0.25, 0.3) is 0 Å². The van der Waals surface area contributed by atoms with E-state index in [0.717, 1.165) is 11.3 Å². The molecule has 1 aromatic carbocycles. The Kier molecular flexibility index (Phi) is 5.70. The van der Waals surface area contributed by atoms with E-state index >= 15 is 0 Å². The maximum absolute atomic E-state index is 12.2. The summed E-state index contributed by atoms with van der Waals surface area (Å²) < 4.78 is 7.42. The molecule has 0 aliphatic heterocycles. The molecule has 0 bridgehead atoms. The van der Waals surface area contributed by atoms with Crippen LogP contribution in [-0.4, -0.2) is 27.8 Å². The fraction of sp³-hybridized carbons (Fsp3) is 0.312. The number of amides is 1. The molecule has 1 aromatic heterocycles. The normalized spacial score (nSPS) is 11.7. The van der Waals surface area contributed by atoms with Crippen LogP contribution in [0, 0.1) is 4.77 Å². The molecule has 2 rings (SSSR count). The Morgan fingerprint density at radius 2 is 2.22 bits per heavy atom. The smallest absolute Gasteiger partial charge is 0.224 e. The van der Waals surface area contributed by atoms with Gasteiger partial charge < -0.3 is 10.1 Å². The summed E-state index contributed by atoms with van der Waals surface area (Å²) in [6.07, 6.45) is 2.03. The Labute approximate surface area is 140 Å². The van der Waals surface area contributed by atoms with Crippen molar-refractivity contribution in [2.45, 2.75) is 25.9 Å². The van der Waals surface area contributed by atoms with E-state index in [1.54, 1.807) is 17.8 Å². The molecule has 23 heavy (non-hydrogen) atoms. The standard InChI is InChI=1S/C16H20N4O2S/c1-4-9-20-15(18-19-16(20)23)11(2)17-14(21)10-12-5-7-13(22-3)8-6-12/h4-8,11H,1,9-10H2,2-3H3,(H,17,21)(H,19,23)/t11-/m1/s1. The molecule has 122 valence electrons. The van der Waals surface area contributed by atoms with Gasteiger partial charge in [-0.25, -0.2) is 0 Å². The van der Waals surface area contributed by atoms with Crippen molar-refractivity contribution in [3.63, 3.8) is 0 Å². The van der Waals surface area contributed by atoms with Gasteiger partial charge in [-0.1, -0.05) is 18.2 Å². The van der Waals surface area contributed by atoms with Gasteiger partial charge in [-0.15, -0.1) is 6.58 Å². The van der Waals surface area contributed by atoms with Crippen molar-refractivity contribution in [3.05, 3.63) is 53.1 Å². The van der Waals surface area contributed by atoms with Crippen LogP contribution in [0.3, 0.4) is 0 Å². The molecule has 1 heterocycles. The van der Waals surface area contributed by atoms with Crippen LogP contribution < -0.4 is 10.1 Å². The highest BCUT2D eigenvalue weighted by molar-refractivity contribution is 7.71. The second-order valence-electron chi connectivity index (χ2n) is 5.10.